The molecule has 2 rings (SSSR count). The van der Waals surface area contributed by atoms with Gasteiger partial charge in [-0.05, 0) is 12.5 Å². The third-order valence-corrected chi connectivity index (χ3v) is 5.13. The highest BCUT2D eigenvalue weighted by Crippen LogP contribution is 2.19. The Morgan fingerprint density at radius 1 is 1.08 bits per heavy atom. The number of amides is 2. The topological polar surface area (TPSA) is 40.6 Å². The van der Waals surface area contributed by atoms with E-state index in [-0.39, 0.29) is 17.2 Å². The number of carbonyl (C=O) groups excluding carboxylic acids is 2. The summed E-state index contributed by atoms with van der Waals surface area (Å²) in [6.45, 7) is 10.5. The lowest BCUT2D eigenvalue weighted by Crippen LogP contribution is -2.53. The van der Waals surface area contributed by atoms with Crippen molar-refractivity contribution in [2.45, 2.75) is 33.4 Å². The number of thioether (sulfide) groups is 1. The van der Waals surface area contributed by atoms with Gasteiger partial charge in [-0.2, -0.15) is 0 Å². The molecule has 1 saturated heterocycles. The molecule has 0 N–H and O–H groups in total. The van der Waals surface area contributed by atoms with Crippen LogP contribution in [0.4, 0.5) is 0 Å². The number of rotatable bonds is 4. The van der Waals surface area contributed by atoms with Crippen LogP contribution in [0.15, 0.2) is 24.3 Å². The maximum absolute atomic E-state index is 12.3. The zero-order valence-electron chi connectivity index (χ0n) is 15.2. The smallest absolute Gasteiger partial charge is 0.232 e. The summed E-state index contributed by atoms with van der Waals surface area (Å²) >= 11 is 1.66. The van der Waals surface area contributed by atoms with E-state index in [1.54, 1.807) is 11.8 Å². The van der Waals surface area contributed by atoms with Crippen molar-refractivity contribution in [1.82, 2.24) is 9.80 Å². The van der Waals surface area contributed by atoms with Crippen molar-refractivity contribution >= 4 is 23.6 Å². The fourth-order valence-electron chi connectivity index (χ4n) is 2.78. The van der Waals surface area contributed by atoms with Crippen molar-refractivity contribution < 1.29 is 9.59 Å². The van der Waals surface area contributed by atoms with Crippen molar-refractivity contribution in [3.63, 3.8) is 0 Å². The maximum atomic E-state index is 12.3. The number of carbonyl (C=O) groups is 2. The molecule has 0 aliphatic carbocycles. The minimum absolute atomic E-state index is 0.170. The highest BCUT2D eigenvalue weighted by Gasteiger charge is 2.30. The fraction of sp³-hybridized carbons (Fsp3) is 0.579. The summed E-state index contributed by atoms with van der Waals surface area (Å²) < 4.78 is 0. The molecule has 0 aromatic heterocycles. The van der Waals surface area contributed by atoms with Gasteiger partial charge in [0.2, 0.25) is 11.8 Å². The molecule has 1 aromatic rings. The van der Waals surface area contributed by atoms with Crippen molar-refractivity contribution in [3.05, 3.63) is 35.4 Å². The minimum atomic E-state index is -0.351. The molecule has 1 aliphatic rings. The van der Waals surface area contributed by atoms with E-state index < -0.39 is 0 Å². The second-order valence-electron chi connectivity index (χ2n) is 7.40. The summed E-state index contributed by atoms with van der Waals surface area (Å²) in [4.78, 5) is 28.4. The van der Waals surface area contributed by atoms with Crippen LogP contribution in [0.3, 0.4) is 0 Å². The van der Waals surface area contributed by atoms with Gasteiger partial charge >= 0.3 is 0 Å². The Morgan fingerprint density at radius 2 is 1.71 bits per heavy atom. The fourth-order valence-corrected chi connectivity index (χ4v) is 3.66. The van der Waals surface area contributed by atoms with Crippen LogP contribution in [0.5, 0.6) is 0 Å². The van der Waals surface area contributed by atoms with E-state index in [4.69, 9.17) is 0 Å². The molecule has 0 bridgehead atoms. The summed E-state index contributed by atoms with van der Waals surface area (Å²) in [7, 11) is 0. The molecule has 1 aliphatic heterocycles. The number of nitrogens with zero attached hydrogens (tertiary/aromatic N) is 2. The van der Waals surface area contributed by atoms with Gasteiger partial charge in [0.15, 0.2) is 0 Å². The lowest BCUT2D eigenvalue weighted by Gasteiger charge is -2.37. The molecule has 0 saturated carbocycles. The first-order chi connectivity index (χ1) is 11.3. The molecule has 0 atom stereocenters. The first-order valence-corrected chi connectivity index (χ1v) is 9.63. The Balaban J connectivity index is 1.74. The average molecular weight is 349 g/mol. The molecular weight excluding hydrogens is 320 g/mol. The van der Waals surface area contributed by atoms with Crippen molar-refractivity contribution in [1.29, 1.82) is 0 Å². The van der Waals surface area contributed by atoms with Gasteiger partial charge in [-0.25, -0.2) is 0 Å². The van der Waals surface area contributed by atoms with Gasteiger partial charge in [0.25, 0.3) is 0 Å². The summed E-state index contributed by atoms with van der Waals surface area (Å²) in [6.07, 6.45) is 0. The van der Waals surface area contributed by atoms with E-state index in [1.807, 2.05) is 30.6 Å². The Kier molecular flexibility index (Phi) is 6.33. The molecular formula is C19H28N2O2S. The van der Waals surface area contributed by atoms with Crippen LogP contribution in [0.25, 0.3) is 0 Å². The van der Waals surface area contributed by atoms with Gasteiger partial charge in [-0.3, -0.25) is 9.59 Å². The third kappa shape index (κ3) is 5.26. The van der Waals surface area contributed by atoms with E-state index in [0.29, 0.717) is 31.9 Å². The van der Waals surface area contributed by atoms with Gasteiger partial charge in [-0.15, -0.1) is 11.8 Å². The highest BCUT2D eigenvalue weighted by molar-refractivity contribution is 7.99. The average Bonchev–Trinajstić information content (AvgIpc) is 2.53. The number of hydrogen-bond acceptors (Lipinski definition) is 3. The van der Waals surface area contributed by atoms with Crippen LogP contribution >= 0.6 is 11.8 Å². The first kappa shape index (κ1) is 18.8. The predicted octanol–water partition coefficient (Wildman–Crippen LogP) is 2.95. The second kappa shape index (κ2) is 8.06. The molecule has 0 spiro atoms. The number of benzene rings is 1. The molecule has 2 amide bonds. The molecule has 0 unspecified atom stereocenters. The zero-order chi connectivity index (χ0) is 17.7. The Labute approximate surface area is 149 Å². The van der Waals surface area contributed by atoms with Gasteiger partial charge < -0.3 is 9.80 Å². The zero-order valence-corrected chi connectivity index (χ0v) is 16.0. The monoisotopic (exact) mass is 348 g/mol. The Morgan fingerprint density at radius 3 is 2.29 bits per heavy atom. The van der Waals surface area contributed by atoms with E-state index in [9.17, 15) is 9.59 Å². The van der Waals surface area contributed by atoms with Crippen LogP contribution in [0.2, 0.25) is 0 Å². The van der Waals surface area contributed by atoms with Crippen LogP contribution in [0, 0.1) is 12.3 Å². The van der Waals surface area contributed by atoms with Gasteiger partial charge in [0.05, 0.1) is 5.75 Å². The van der Waals surface area contributed by atoms with E-state index in [2.05, 4.69) is 31.2 Å². The lowest BCUT2D eigenvalue weighted by molar-refractivity contribution is -0.144. The molecule has 0 radical (unpaired) electrons. The number of hydrogen-bond donors (Lipinski definition) is 0. The Bertz CT molecular complexity index is 587. The summed E-state index contributed by atoms with van der Waals surface area (Å²) in [5, 5.41) is 0. The normalized spacial score (nSPS) is 15.5. The predicted molar refractivity (Wildman–Crippen MR) is 100.0 cm³/mol. The molecule has 132 valence electrons. The SMILES string of the molecule is Cc1cccc(CSCC(=O)N2CCN(C(=O)C(C)(C)C)CC2)c1. The third-order valence-electron chi connectivity index (χ3n) is 4.14. The highest BCUT2D eigenvalue weighted by atomic mass is 32.2. The number of aryl methyl sites for hydroxylation is 1. The van der Waals surface area contributed by atoms with Gasteiger partial charge in [0, 0.05) is 37.3 Å². The molecule has 1 aromatic carbocycles. The molecule has 1 heterocycles. The molecule has 24 heavy (non-hydrogen) atoms. The first-order valence-electron chi connectivity index (χ1n) is 8.48. The van der Waals surface area contributed by atoms with Crippen LogP contribution in [0.1, 0.15) is 31.9 Å². The van der Waals surface area contributed by atoms with Gasteiger partial charge in [0.1, 0.15) is 0 Å². The Hall–Kier alpha value is -1.49. The summed E-state index contributed by atoms with van der Waals surface area (Å²) in [5.74, 6) is 1.70. The van der Waals surface area contributed by atoms with Crippen LogP contribution in [-0.4, -0.2) is 53.5 Å². The maximum Gasteiger partial charge on any atom is 0.232 e. The quantitative estimate of drug-likeness (QED) is 0.840. The van der Waals surface area contributed by atoms with Crippen molar-refractivity contribution in [2.24, 2.45) is 5.41 Å². The number of piperazine rings is 1. The van der Waals surface area contributed by atoms with Crippen molar-refractivity contribution in [3.8, 4) is 0 Å². The molecule has 4 nitrogen and oxygen atoms in total. The van der Waals surface area contributed by atoms with E-state index in [1.165, 1.54) is 11.1 Å². The lowest BCUT2D eigenvalue weighted by atomic mass is 9.94. The van der Waals surface area contributed by atoms with Crippen LogP contribution < -0.4 is 0 Å². The largest absolute Gasteiger partial charge is 0.339 e. The minimum Gasteiger partial charge on any atom is -0.339 e. The standard InChI is InChI=1S/C19H28N2O2S/c1-15-6-5-7-16(12-15)13-24-14-17(22)20-8-10-21(11-9-20)18(23)19(2,3)4/h5-7,12H,8-11,13-14H2,1-4H3. The molecule has 1 fully saturated rings. The van der Waals surface area contributed by atoms with E-state index in [0.717, 1.165) is 5.75 Å². The molecule has 5 heteroatoms. The summed E-state index contributed by atoms with van der Waals surface area (Å²) in [6, 6.07) is 8.39. The summed E-state index contributed by atoms with van der Waals surface area (Å²) in [5.41, 5.74) is 2.16. The second-order valence-corrected chi connectivity index (χ2v) is 8.39. The van der Waals surface area contributed by atoms with E-state index >= 15 is 0 Å². The van der Waals surface area contributed by atoms with Gasteiger partial charge in [-0.1, -0.05) is 50.6 Å². The van der Waals surface area contributed by atoms with Crippen LogP contribution in [-0.2, 0) is 15.3 Å². The van der Waals surface area contributed by atoms with Crippen molar-refractivity contribution in [2.75, 3.05) is 31.9 Å².